The van der Waals surface area contributed by atoms with Crippen LogP contribution in [0, 0.1) is 11.7 Å². The first kappa shape index (κ1) is 23.7. The third-order valence-corrected chi connectivity index (χ3v) is 6.36. The first-order valence-corrected chi connectivity index (χ1v) is 11.6. The first-order valence-electron chi connectivity index (χ1n) is 11.6. The van der Waals surface area contributed by atoms with Crippen molar-refractivity contribution in [3.05, 3.63) is 88.0 Å². The number of hydrogen-bond acceptors (Lipinski definition) is 5. The Kier molecular flexibility index (Phi) is 6.87. The summed E-state index contributed by atoms with van der Waals surface area (Å²) in [5.74, 6) is -0.683. The number of dihydropyridines is 1. The molecule has 5 nitrogen and oxygen atoms in total. The van der Waals surface area contributed by atoms with Crippen LogP contribution in [-0.2, 0) is 14.3 Å². The molecule has 0 amide bonds. The van der Waals surface area contributed by atoms with Gasteiger partial charge in [-0.15, -0.1) is 0 Å². The van der Waals surface area contributed by atoms with E-state index >= 15 is 0 Å². The molecule has 0 fully saturated rings. The minimum atomic E-state index is -0.670. The highest BCUT2D eigenvalue weighted by Crippen LogP contribution is 2.45. The second-order valence-corrected chi connectivity index (χ2v) is 9.34. The van der Waals surface area contributed by atoms with E-state index in [1.165, 1.54) is 12.1 Å². The number of ether oxygens (including phenoxy) is 2. The Hall–Kier alpha value is -3.41. The summed E-state index contributed by atoms with van der Waals surface area (Å²) in [5, 5.41) is 3.32. The summed E-state index contributed by atoms with van der Waals surface area (Å²) < 4.78 is 25.0. The fourth-order valence-electron chi connectivity index (χ4n) is 4.76. The van der Waals surface area contributed by atoms with Crippen LogP contribution < -0.4 is 10.1 Å². The van der Waals surface area contributed by atoms with Gasteiger partial charge in [-0.2, -0.15) is 0 Å². The van der Waals surface area contributed by atoms with E-state index < -0.39 is 17.7 Å². The molecule has 1 aliphatic carbocycles. The minimum absolute atomic E-state index is 0.0000538. The van der Waals surface area contributed by atoms with Gasteiger partial charge in [-0.05, 0) is 60.6 Å². The summed E-state index contributed by atoms with van der Waals surface area (Å²) in [6.45, 7) is 6.00. The number of esters is 1. The number of benzene rings is 2. The van der Waals surface area contributed by atoms with Crippen LogP contribution in [0.1, 0.15) is 56.6 Å². The molecular formula is C28H30FNO4. The molecule has 0 bridgehead atoms. The molecule has 1 N–H and O–H groups in total. The molecule has 178 valence electrons. The lowest BCUT2D eigenvalue weighted by Crippen LogP contribution is -2.36. The van der Waals surface area contributed by atoms with Gasteiger partial charge in [-0.3, -0.25) is 4.79 Å². The molecule has 6 heteroatoms. The largest absolute Gasteiger partial charge is 0.497 e. The Labute approximate surface area is 199 Å². The lowest BCUT2D eigenvalue weighted by atomic mass is 9.71. The summed E-state index contributed by atoms with van der Waals surface area (Å²) in [6, 6.07) is 13.9. The van der Waals surface area contributed by atoms with Crippen molar-refractivity contribution >= 4 is 11.8 Å². The second-order valence-electron chi connectivity index (χ2n) is 9.34. The lowest BCUT2D eigenvalue weighted by molar-refractivity contribution is -0.140. The average Bonchev–Trinajstić information content (AvgIpc) is 2.81. The lowest BCUT2D eigenvalue weighted by Gasteiger charge is -2.36. The molecule has 0 spiro atoms. The zero-order valence-electron chi connectivity index (χ0n) is 20.0. The number of rotatable bonds is 6. The van der Waals surface area contributed by atoms with Crippen LogP contribution >= 0.6 is 0 Å². The standard InChI is InChI=1S/C28H30FNO4/c1-16(2)15-34-28(32)25-17(3)30-23-13-20(18-8-10-22(33-4)11-9-18)14-24(31)27(23)26(25)19-6-5-7-21(29)12-19/h5-12,16,20,26,30H,13-15H2,1-4H3/t20-,26-/m1/s1. The maximum atomic E-state index is 14.2. The van der Waals surface area contributed by atoms with Crippen molar-refractivity contribution in [3.63, 3.8) is 0 Å². The Morgan fingerprint density at radius 3 is 2.50 bits per heavy atom. The number of carbonyl (C=O) groups excluding carboxylic acids is 2. The average molecular weight is 464 g/mol. The number of carbonyl (C=O) groups is 2. The number of halogens is 1. The van der Waals surface area contributed by atoms with E-state index in [1.807, 2.05) is 45.0 Å². The van der Waals surface area contributed by atoms with Gasteiger partial charge in [0, 0.05) is 29.3 Å². The van der Waals surface area contributed by atoms with Crippen LogP contribution in [0.15, 0.2) is 71.1 Å². The highest BCUT2D eigenvalue weighted by atomic mass is 19.1. The molecule has 2 aromatic rings. The third kappa shape index (κ3) is 4.76. The number of hydrogen-bond donors (Lipinski definition) is 1. The summed E-state index contributed by atoms with van der Waals surface area (Å²) in [6.07, 6.45) is 0.927. The van der Waals surface area contributed by atoms with Gasteiger partial charge in [0.25, 0.3) is 0 Å². The summed E-state index contributed by atoms with van der Waals surface area (Å²) in [4.78, 5) is 26.7. The predicted molar refractivity (Wildman–Crippen MR) is 128 cm³/mol. The van der Waals surface area contributed by atoms with Crippen molar-refractivity contribution < 1.29 is 23.5 Å². The van der Waals surface area contributed by atoms with Crippen LogP contribution in [0.5, 0.6) is 5.75 Å². The maximum Gasteiger partial charge on any atom is 0.336 e. The Morgan fingerprint density at radius 1 is 1.12 bits per heavy atom. The van der Waals surface area contributed by atoms with Crippen LogP contribution in [-0.4, -0.2) is 25.5 Å². The number of allylic oxidation sites excluding steroid dienone is 3. The van der Waals surface area contributed by atoms with E-state index in [1.54, 1.807) is 19.2 Å². The molecule has 0 unspecified atom stereocenters. The maximum absolute atomic E-state index is 14.2. The number of Topliss-reactive ketones (excluding diaryl/α,β-unsaturated/α-hetero) is 1. The van der Waals surface area contributed by atoms with Crippen molar-refractivity contribution in [2.75, 3.05) is 13.7 Å². The Bertz CT molecular complexity index is 1160. The van der Waals surface area contributed by atoms with Gasteiger partial charge in [-0.1, -0.05) is 38.1 Å². The SMILES string of the molecule is COc1ccc([C@H]2CC(=O)C3=C(C2)NC(C)=C(C(=O)OCC(C)C)[C@H]3c2cccc(F)c2)cc1. The summed E-state index contributed by atoms with van der Waals surface area (Å²) >= 11 is 0. The van der Waals surface area contributed by atoms with Gasteiger partial charge in [0.1, 0.15) is 11.6 Å². The molecular weight excluding hydrogens is 433 g/mol. The van der Waals surface area contributed by atoms with E-state index in [4.69, 9.17) is 9.47 Å². The molecule has 0 aromatic heterocycles. The first-order chi connectivity index (χ1) is 16.3. The Morgan fingerprint density at radius 2 is 1.85 bits per heavy atom. The highest BCUT2D eigenvalue weighted by Gasteiger charge is 2.41. The molecule has 1 aliphatic heterocycles. The van der Waals surface area contributed by atoms with Crippen LogP contribution in [0.4, 0.5) is 4.39 Å². The molecule has 2 aromatic carbocycles. The van der Waals surface area contributed by atoms with Crippen LogP contribution in [0.2, 0.25) is 0 Å². The normalized spacial score (nSPS) is 20.2. The van der Waals surface area contributed by atoms with Crippen molar-refractivity contribution in [2.45, 2.75) is 45.4 Å². The van der Waals surface area contributed by atoms with Crippen molar-refractivity contribution in [1.82, 2.24) is 5.32 Å². The fraction of sp³-hybridized carbons (Fsp3) is 0.357. The zero-order chi connectivity index (χ0) is 24.4. The van der Waals surface area contributed by atoms with Gasteiger partial charge in [0.15, 0.2) is 5.78 Å². The van der Waals surface area contributed by atoms with E-state index in [-0.39, 0.29) is 24.2 Å². The van der Waals surface area contributed by atoms with Crippen LogP contribution in [0.25, 0.3) is 0 Å². The molecule has 2 atom stereocenters. The Balaban J connectivity index is 1.74. The molecule has 1 heterocycles. The molecule has 34 heavy (non-hydrogen) atoms. The number of ketones is 1. The minimum Gasteiger partial charge on any atom is -0.497 e. The zero-order valence-corrected chi connectivity index (χ0v) is 20.0. The van der Waals surface area contributed by atoms with Gasteiger partial charge >= 0.3 is 5.97 Å². The quantitative estimate of drug-likeness (QED) is 0.582. The number of nitrogens with one attached hydrogen (secondary N) is 1. The van der Waals surface area contributed by atoms with Crippen LogP contribution in [0.3, 0.4) is 0 Å². The molecule has 0 saturated heterocycles. The topological polar surface area (TPSA) is 64.6 Å². The van der Waals surface area contributed by atoms with E-state index in [9.17, 15) is 14.0 Å². The molecule has 0 saturated carbocycles. The summed E-state index contributed by atoms with van der Waals surface area (Å²) in [5.41, 5.74) is 3.92. The molecule has 0 radical (unpaired) electrons. The van der Waals surface area contributed by atoms with Crippen molar-refractivity contribution in [2.24, 2.45) is 5.92 Å². The predicted octanol–water partition coefficient (Wildman–Crippen LogP) is 5.40. The highest BCUT2D eigenvalue weighted by molar-refractivity contribution is 6.04. The third-order valence-electron chi connectivity index (χ3n) is 6.36. The second kappa shape index (κ2) is 9.84. The van der Waals surface area contributed by atoms with E-state index in [0.717, 1.165) is 17.0 Å². The van der Waals surface area contributed by atoms with E-state index in [0.29, 0.717) is 35.2 Å². The number of methoxy groups -OCH3 is 1. The van der Waals surface area contributed by atoms with Gasteiger partial charge in [0.2, 0.25) is 0 Å². The fourth-order valence-corrected chi connectivity index (χ4v) is 4.76. The monoisotopic (exact) mass is 463 g/mol. The van der Waals surface area contributed by atoms with Crippen molar-refractivity contribution in [1.29, 1.82) is 0 Å². The molecule has 2 aliphatic rings. The van der Waals surface area contributed by atoms with E-state index in [2.05, 4.69) is 5.32 Å². The van der Waals surface area contributed by atoms with Gasteiger partial charge in [0.05, 0.1) is 19.3 Å². The van der Waals surface area contributed by atoms with Gasteiger partial charge in [-0.25, -0.2) is 9.18 Å². The molecule has 4 rings (SSSR count). The van der Waals surface area contributed by atoms with Crippen molar-refractivity contribution in [3.8, 4) is 5.75 Å². The summed E-state index contributed by atoms with van der Waals surface area (Å²) in [7, 11) is 1.62. The van der Waals surface area contributed by atoms with Gasteiger partial charge < -0.3 is 14.8 Å². The smallest absolute Gasteiger partial charge is 0.336 e.